The summed E-state index contributed by atoms with van der Waals surface area (Å²) < 4.78 is 34.9. The molecule has 1 N–H and O–H groups in total. The monoisotopic (exact) mass is 432 g/mol. The molecule has 2 heterocycles. The summed E-state index contributed by atoms with van der Waals surface area (Å²) in [6.07, 6.45) is 3.72. The van der Waals surface area contributed by atoms with E-state index in [4.69, 9.17) is 4.74 Å². The molecule has 0 bridgehead atoms. The van der Waals surface area contributed by atoms with Crippen molar-refractivity contribution in [3.05, 3.63) is 47.0 Å². The highest BCUT2D eigenvalue weighted by Gasteiger charge is 2.36. The molecule has 0 unspecified atom stereocenters. The summed E-state index contributed by atoms with van der Waals surface area (Å²) in [4.78, 5) is 16.6. The molecule has 0 spiro atoms. The van der Waals surface area contributed by atoms with Crippen LogP contribution in [0, 0.1) is 0 Å². The van der Waals surface area contributed by atoms with E-state index in [-0.39, 0.29) is 24.5 Å². The van der Waals surface area contributed by atoms with Crippen molar-refractivity contribution in [2.45, 2.75) is 61.7 Å². The molecule has 0 atom stereocenters. The van der Waals surface area contributed by atoms with Crippen LogP contribution in [-0.2, 0) is 7.05 Å². The van der Waals surface area contributed by atoms with Gasteiger partial charge in [0.2, 0.25) is 5.92 Å². The second-order valence-electron chi connectivity index (χ2n) is 8.22. The maximum absolute atomic E-state index is 13.6. The Morgan fingerprint density at radius 3 is 2.63 bits per heavy atom. The number of nitrogens with zero attached hydrogens (tertiary/aromatic N) is 1. The number of rotatable bonds is 5. The lowest BCUT2D eigenvalue weighted by Gasteiger charge is -2.29. The van der Waals surface area contributed by atoms with Gasteiger partial charge in [-0.2, -0.15) is 0 Å². The number of aromatic amines is 1. The number of thioether (sulfide) groups is 1. The van der Waals surface area contributed by atoms with Crippen molar-refractivity contribution in [3.63, 3.8) is 0 Å². The topological polar surface area (TPSA) is 47.0 Å². The van der Waals surface area contributed by atoms with Crippen LogP contribution in [0.25, 0.3) is 22.0 Å². The van der Waals surface area contributed by atoms with E-state index >= 15 is 0 Å². The highest BCUT2D eigenvalue weighted by atomic mass is 32.2. The molecule has 1 fully saturated rings. The van der Waals surface area contributed by atoms with Gasteiger partial charge >= 0.3 is 0 Å². The molecule has 0 amide bonds. The fraction of sp³-hybridized carbons (Fsp3) is 0.435. The Labute approximate surface area is 178 Å². The highest BCUT2D eigenvalue weighted by molar-refractivity contribution is 7.99. The van der Waals surface area contributed by atoms with Crippen LogP contribution < -0.4 is 10.3 Å². The van der Waals surface area contributed by atoms with E-state index < -0.39 is 5.92 Å². The number of benzene rings is 1. The molecule has 1 saturated carbocycles. The molecule has 30 heavy (non-hydrogen) atoms. The largest absolute Gasteiger partial charge is 0.490 e. The van der Waals surface area contributed by atoms with Crippen LogP contribution in [0.15, 0.2) is 46.3 Å². The van der Waals surface area contributed by atoms with Gasteiger partial charge in [0.1, 0.15) is 11.3 Å². The standard InChI is InChI=1S/C23H26F2N2O2S/c1-14(2)30-16-4-5-20(29-15-6-9-23(24,25)10-7-15)18(12-16)19-13-27(3)22(28)21-17(19)8-11-26-21/h4-5,8,11-15,26H,6-7,9-10H2,1-3H3. The van der Waals surface area contributed by atoms with Crippen LogP contribution >= 0.6 is 11.8 Å². The molecule has 7 heteroatoms. The van der Waals surface area contributed by atoms with Gasteiger partial charge in [-0.25, -0.2) is 8.78 Å². The maximum Gasteiger partial charge on any atom is 0.274 e. The average Bonchev–Trinajstić information content (AvgIpc) is 3.17. The number of ether oxygens (including phenoxy) is 1. The average molecular weight is 433 g/mol. The Morgan fingerprint density at radius 1 is 1.20 bits per heavy atom. The number of alkyl halides is 2. The number of fused-ring (bicyclic) bond motifs is 1. The Hall–Kier alpha value is -2.28. The number of hydrogen-bond donors (Lipinski definition) is 1. The van der Waals surface area contributed by atoms with E-state index in [1.807, 2.05) is 24.4 Å². The summed E-state index contributed by atoms with van der Waals surface area (Å²) >= 11 is 1.75. The summed E-state index contributed by atoms with van der Waals surface area (Å²) in [5.74, 6) is -1.92. The van der Waals surface area contributed by atoms with E-state index in [2.05, 4.69) is 24.9 Å². The van der Waals surface area contributed by atoms with Crippen molar-refractivity contribution < 1.29 is 13.5 Å². The highest BCUT2D eigenvalue weighted by Crippen LogP contribution is 2.40. The van der Waals surface area contributed by atoms with Gasteiger partial charge in [0.15, 0.2) is 0 Å². The molecule has 3 aromatic rings. The van der Waals surface area contributed by atoms with Crippen LogP contribution in [0.3, 0.4) is 0 Å². The van der Waals surface area contributed by atoms with E-state index in [1.165, 1.54) is 0 Å². The molecule has 4 rings (SSSR count). The van der Waals surface area contributed by atoms with Gasteiger partial charge in [0.25, 0.3) is 5.56 Å². The van der Waals surface area contributed by atoms with Crippen LogP contribution in [0.5, 0.6) is 5.75 Å². The third-order valence-electron chi connectivity index (χ3n) is 5.46. The zero-order valence-electron chi connectivity index (χ0n) is 17.4. The number of halogens is 2. The lowest BCUT2D eigenvalue weighted by molar-refractivity contribution is -0.0581. The van der Waals surface area contributed by atoms with Gasteiger partial charge in [-0.1, -0.05) is 13.8 Å². The zero-order valence-corrected chi connectivity index (χ0v) is 18.2. The van der Waals surface area contributed by atoms with E-state index in [9.17, 15) is 13.6 Å². The Kier molecular flexibility index (Phi) is 5.66. The number of nitrogens with one attached hydrogen (secondary N) is 1. The van der Waals surface area contributed by atoms with Crippen molar-refractivity contribution in [3.8, 4) is 16.9 Å². The second kappa shape index (κ2) is 8.10. The molecule has 160 valence electrons. The molecule has 0 aliphatic heterocycles. The molecule has 4 nitrogen and oxygen atoms in total. The molecule has 1 aromatic carbocycles. The van der Waals surface area contributed by atoms with Crippen LogP contribution in [-0.4, -0.2) is 26.8 Å². The molecular weight excluding hydrogens is 406 g/mol. The number of aryl methyl sites for hydroxylation is 1. The van der Waals surface area contributed by atoms with Crippen molar-refractivity contribution in [2.24, 2.45) is 7.05 Å². The molecule has 0 radical (unpaired) electrons. The predicted molar refractivity (Wildman–Crippen MR) is 118 cm³/mol. The molecular formula is C23H26F2N2O2S. The Balaban J connectivity index is 1.78. The number of hydrogen-bond acceptors (Lipinski definition) is 3. The summed E-state index contributed by atoms with van der Waals surface area (Å²) in [7, 11) is 1.72. The van der Waals surface area contributed by atoms with Crippen LogP contribution in [0.4, 0.5) is 8.78 Å². The lowest BCUT2D eigenvalue weighted by Crippen LogP contribution is -2.30. The quantitative estimate of drug-likeness (QED) is 0.504. The minimum absolute atomic E-state index is 0.0940. The zero-order chi connectivity index (χ0) is 21.5. The first-order valence-corrected chi connectivity index (χ1v) is 11.1. The summed E-state index contributed by atoms with van der Waals surface area (Å²) in [6.45, 7) is 4.26. The van der Waals surface area contributed by atoms with Gasteiger partial charge in [-0.3, -0.25) is 4.79 Å². The van der Waals surface area contributed by atoms with Crippen molar-refractivity contribution in [1.29, 1.82) is 0 Å². The van der Waals surface area contributed by atoms with Gasteiger partial charge < -0.3 is 14.3 Å². The van der Waals surface area contributed by atoms with Crippen molar-refractivity contribution in [1.82, 2.24) is 9.55 Å². The molecule has 2 aromatic heterocycles. The van der Waals surface area contributed by atoms with Gasteiger partial charge in [0, 0.05) is 58.9 Å². The lowest BCUT2D eigenvalue weighted by atomic mass is 9.94. The van der Waals surface area contributed by atoms with Crippen LogP contribution in [0.1, 0.15) is 39.5 Å². The maximum atomic E-state index is 13.6. The first-order valence-electron chi connectivity index (χ1n) is 10.3. The number of aromatic nitrogens is 2. The molecule has 0 saturated heterocycles. The third kappa shape index (κ3) is 4.26. The SMILES string of the molecule is CC(C)Sc1ccc(OC2CCC(F)(F)CC2)c(-c2cn(C)c(=O)c3[nH]ccc23)c1. The first-order chi connectivity index (χ1) is 14.2. The fourth-order valence-electron chi connectivity index (χ4n) is 3.96. The Morgan fingerprint density at radius 2 is 1.93 bits per heavy atom. The Bertz CT molecular complexity index is 1110. The van der Waals surface area contributed by atoms with Gasteiger partial charge in [0.05, 0.1) is 6.10 Å². The third-order valence-corrected chi connectivity index (χ3v) is 6.46. The van der Waals surface area contributed by atoms with Crippen molar-refractivity contribution >= 4 is 22.7 Å². The first kappa shape index (κ1) is 21.0. The minimum Gasteiger partial charge on any atom is -0.490 e. The molecule has 1 aliphatic rings. The second-order valence-corrected chi connectivity index (χ2v) is 9.87. The summed E-state index contributed by atoms with van der Waals surface area (Å²) in [6, 6.07) is 7.90. The normalized spacial score (nSPS) is 17.0. The number of H-pyrrole nitrogens is 1. The van der Waals surface area contributed by atoms with E-state index in [1.54, 1.807) is 29.6 Å². The molecule has 1 aliphatic carbocycles. The van der Waals surface area contributed by atoms with Gasteiger partial charge in [-0.15, -0.1) is 11.8 Å². The van der Waals surface area contributed by atoms with Gasteiger partial charge in [-0.05, 0) is 37.1 Å². The van der Waals surface area contributed by atoms with Crippen molar-refractivity contribution in [2.75, 3.05) is 0 Å². The predicted octanol–water partition coefficient (Wildman–Crippen LogP) is 5.99. The summed E-state index contributed by atoms with van der Waals surface area (Å²) in [5.41, 5.74) is 2.21. The summed E-state index contributed by atoms with van der Waals surface area (Å²) in [5, 5.41) is 1.24. The number of pyridine rings is 1. The van der Waals surface area contributed by atoms with E-state index in [0.717, 1.165) is 21.4 Å². The smallest absolute Gasteiger partial charge is 0.274 e. The van der Waals surface area contributed by atoms with Crippen LogP contribution in [0.2, 0.25) is 0 Å². The fourth-order valence-corrected chi connectivity index (χ4v) is 4.84. The van der Waals surface area contributed by atoms with E-state index in [0.29, 0.717) is 29.4 Å². The minimum atomic E-state index is -2.59.